The quantitative estimate of drug-likeness (QED) is 0.0466. The molecule has 0 N–H and O–H groups in total. The lowest BCUT2D eigenvalue weighted by atomic mass is 10.0. The van der Waals surface area contributed by atoms with E-state index in [1.807, 2.05) is 13.1 Å². The van der Waals surface area contributed by atoms with Crippen molar-refractivity contribution in [2.75, 3.05) is 0 Å². The summed E-state index contributed by atoms with van der Waals surface area (Å²) in [5, 5.41) is 0. The van der Waals surface area contributed by atoms with E-state index >= 15 is 0 Å². The summed E-state index contributed by atoms with van der Waals surface area (Å²) in [6.45, 7) is 8.20. The zero-order chi connectivity index (χ0) is 36.6. The summed E-state index contributed by atoms with van der Waals surface area (Å²) in [5.74, 6) is -0.400. The Balaban J connectivity index is 3.45. The third-order valence-electron chi connectivity index (χ3n) is 10.4. The lowest BCUT2D eigenvalue weighted by molar-refractivity contribution is -0.141. The molecule has 0 aromatic heterocycles. The van der Waals surface area contributed by atoms with Crippen molar-refractivity contribution in [3.8, 4) is 0 Å². The highest BCUT2D eigenvalue weighted by Crippen LogP contribution is 2.18. The van der Waals surface area contributed by atoms with Crippen LogP contribution in [0.2, 0.25) is 13.1 Å². The van der Waals surface area contributed by atoms with Gasteiger partial charge in [-0.25, -0.2) is 0 Å². The van der Waals surface area contributed by atoms with Crippen LogP contribution in [0.15, 0.2) is 0 Å². The average Bonchev–Trinajstić information content (AvgIpc) is 3.08. The second-order valence-corrected chi connectivity index (χ2v) is 19.4. The summed E-state index contributed by atoms with van der Waals surface area (Å²) in [5.41, 5.74) is 0. The zero-order valence-electron chi connectivity index (χ0n) is 34.7. The van der Waals surface area contributed by atoms with Gasteiger partial charge in [0.15, 0.2) is 0 Å². The number of rotatable bonds is 41. The fourth-order valence-corrected chi connectivity index (χ4v) is 8.53. The molecule has 0 atom stereocenters. The number of carbonyl (C=O) groups is 2. The number of carbonyl (C=O) groups excluding carboxylic acids is 2. The van der Waals surface area contributed by atoms with Gasteiger partial charge in [-0.2, -0.15) is 0 Å². The first-order valence-corrected chi connectivity index (χ1v) is 25.7. The Morgan fingerprint density at radius 2 is 0.460 bits per heavy atom. The molecule has 0 aliphatic heterocycles. The maximum absolute atomic E-state index is 12.4. The van der Waals surface area contributed by atoms with Crippen LogP contribution in [-0.4, -0.2) is 20.5 Å². The van der Waals surface area contributed by atoms with Crippen molar-refractivity contribution < 1.29 is 18.4 Å². The maximum atomic E-state index is 12.4. The molecule has 0 unspecified atom stereocenters. The Morgan fingerprint density at radius 3 is 0.640 bits per heavy atom. The maximum Gasteiger partial charge on any atom is 0.457 e. The predicted molar refractivity (Wildman–Crippen MR) is 221 cm³/mol. The van der Waals surface area contributed by atoms with E-state index < -0.39 is 8.56 Å². The molecule has 0 rings (SSSR count). The first kappa shape index (κ1) is 49.2. The molecule has 0 heterocycles. The van der Waals surface area contributed by atoms with Crippen molar-refractivity contribution in [2.24, 2.45) is 0 Å². The average molecular weight is 723 g/mol. The normalized spacial score (nSPS) is 11.7. The third-order valence-corrected chi connectivity index (χ3v) is 11.9. The standard InChI is InChI=1S/C45H90O4Si/c1-5-7-9-11-13-15-17-19-21-22-23-24-25-26-27-29-31-33-35-37-39-41-43-45(47)49-50(3,4)48-44(46)42-40-38-36-34-32-30-28-20-18-16-14-12-10-8-6-2/h5-43H2,1-4H3. The van der Waals surface area contributed by atoms with Crippen molar-refractivity contribution in [1.29, 1.82) is 0 Å². The molecule has 298 valence electrons. The molecule has 0 saturated heterocycles. The molecule has 0 fully saturated rings. The lowest BCUT2D eigenvalue weighted by Gasteiger charge is -2.22. The Hall–Kier alpha value is -0.843. The molecule has 0 spiro atoms. The molecule has 0 aromatic carbocycles. The topological polar surface area (TPSA) is 52.6 Å². The summed E-state index contributed by atoms with van der Waals surface area (Å²) in [6, 6.07) is 0. The third kappa shape index (κ3) is 39.9. The summed E-state index contributed by atoms with van der Waals surface area (Å²) in [7, 11) is -2.76. The molecule has 0 radical (unpaired) electrons. The first-order valence-electron chi connectivity index (χ1n) is 22.8. The number of unbranched alkanes of at least 4 members (excludes halogenated alkanes) is 35. The molecule has 0 aliphatic carbocycles. The second-order valence-electron chi connectivity index (χ2n) is 16.2. The van der Waals surface area contributed by atoms with Gasteiger partial charge in [-0.1, -0.05) is 239 Å². The molecule has 0 aromatic rings. The van der Waals surface area contributed by atoms with E-state index in [2.05, 4.69) is 13.8 Å². The molecule has 0 aliphatic rings. The van der Waals surface area contributed by atoms with E-state index in [0.29, 0.717) is 12.8 Å². The van der Waals surface area contributed by atoms with E-state index in [9.17, 15) is 9.59 Å². The van der Waals surface area contributed by atoms with Crippen LogP contribution in [0.5, 0.6) is 0 Å². The minimum atomic E-state index is -2.76. The fraction of sp³-hybridized carbons (Fsp3) is 0.956. The van der Waals surface area contributed by atoms with Gasteiger partial charge in [-0.15, -0.1) is 0 Å². The van der Waals surface area contributed by atoms with E-state index in [4.69, 9.17) is 8.85 Å². The molecule has 0 saturated carbocycles. The van der Waals surface area contributed by atoms with Gasteiger partial charge in [0.1, 0.15) is 0 Å². The summed E-state index contributed by atoms with van der Waals surface area (Å²) < 4.78 is 11.3. The van der Waals surface area contributed by atoms with Crippen LogP contribution < -0.4 is 0 Å². The molecule has 4 nitrogen and oxygen atoms in total. The van der Waals surface area contributed by atoms with Gasteiger partial charge in [0.2, 0.25) is 0 Å². The monoisotopic (exact) mass is 723 g/mol. The Bertz CT molecular complexity index is 709. The van der Waals surface area contributed by atoms with E-state index in [-0.39, 0.29) is 11.9 Å². The van der Waals surface area contributed by atoms with Gasteiger partial charge in [0.25, 0.3) is 11.9 Å². The van der Waals surface area contributed by atoms with Crippen LogP contribution in [-0.2, 0) is 18.4 Å². The summed E-state index contributed by atoms with van der Waals surface area (Å²) in [6.07, 6.45) is 50.5. The van der Waals surface area contributed by atoms with Crippen molar-refractivity contribution in [3.05, 3.63) is 0 Å². The van der Waals surface area contributed by atoms with Crippen molar-refractivity contribution >= 4 is 20.5 Å². The highest BCUT2D eigenvalue weighted by atomic mass is 28.4. The van der Waals surface area contributed by atoms with Crippen LogP contribution in [0.25, 0.3) is 0 Å². The number of hydrogen-bond acceptors (Lipinski definition) is 4. The minimum absolute atomic E-state index is 0.199. The molecular formula is C45H90O4Si. The zero-order valence-corrected chi connectivity index (χ0v) is 35.7. The van der Waals surface area contributed by atoms with Crippen LogP contribution in [0.4, 0.5) is 0 Å². The Morgan fingerprint density at radius 1 is 0.300 bits per heavy atom. The van der Waals surface area contributed by atoms with Crippen LogP contribution in [0.3, 0.4) is 0 Å². The van der Waals surface area contributed by atoms with Gasteiger partial charge in [0, 0.05) is 25.9 Å². The predicted octanol–water partition coefficient (Wildman–Crippen LogP) is 16.0. The van der Waals surface area contributed by atoms with Crippen molar-refractivity contribution in [3.63, 3.8) is 0 Å². The lowest BCUT2D eigenvalue weighted by Crippen LogP contribution is -2.39. The van der Waals surface area contributed by atoms with Crippen molar-refractivity contribution in [1.82, 2.24) is 0 Å². The number of hydrogen-bond donors (Lipinski definition) is 0. The van der Waals surface area contributed by atoms with E-state index in [1.54, 1.807) is 0 Å². The summed E-state index contributed by atoms with van der Waals surface area (Å²) >= 11 is 0. The molecule has 0 amide bonds. The van der Waals surface area contributed by atoms with Gasteiger partial charge >= 0.3 is 8.56 Å². The van der Waals surface area contributed by atoms with Gasteiger partial charge < -0.3 is 8.85 Å². The fourth-order valence-electron chi connectivity index (χ4n) is 7.19. The SMILES string of the molecule is CCCCCCCCCCCCCCCCCCCCCCCCC(=O)O[Si](C)(C)OC(=O)CCCCCCCCCCCCCCCCC. The summed E-state index contributed by atoms with van der Waals surface area (Å²) in [4.78, 5) is 24.7. The van der Waals surface area contributed by atoms with Crippen LogP contribution >= 0.6 is 0 Å². The van der Waals surface area contributed by atoms with Gasteiger partial charge in [0.05, 0.1) is 0 Å². The largest absolute Gasteiger partial charge is 0.485 e. The van der Waals surface area contributed by atoms with Crippen LogP contribution in [0.1, 0.15) is 264 Å². The first-order chi connectivity index (χ1) is 24.4. The molecule has 5 heteroatoms. The highest BCUT2D eigenvalue weighted by molar-refractivity contribution is 6.67. The van der Waals surface area contributed by atoms with Gasteiger partial charge in [-0.05, 0) is 12.8 Å². The van der Waals surface area contributed by atoms with E-state index in [0.717, 1.165) is 25.7 Å². The highest BCUT2D eigenvalue weighted by Gasteiger charge is 2.33. The Labute approximate surface area is 315 Å². The van der Waals surface area contributed by atoms with Gasteiger partial charge in [-0.3, -0.25) is 9.59 Å². The minimum Gasteiger partial charge on any atom is -0.485 e. The Kier molecular flexibility index (Phi) is 38.7. The molecule has 0 bridgehead atoms. The molecule has 50 heavy (non-hydrogen) atoms. The smallest absolute Gasteiger partial charge is 0.457 e. The van der Waals surface area contributed by atoms with E-state index in [1.165, 1.54) is 212 Å². The van der Waals surface area contributed by atoms with Crippen LogP contribution in [0, 0.1) is 0 Å². The van der Waals surface area contributed by atoms with Crippen molar-refractivity contribution in [2.45, 2.75) is 277 Å². The molecular weight excluding hydrogens is 633 g/mol. The second kappa shape index (κ2) is 39.4.